The van der Waals surface area contributed by atoms with Gasteiger partial charge in [0, 0.05) is 49.7 Å². The van der Waals surface area contributed by atoms with Gasteiger partial charge in [0.05, 0.1) is 23.2 Å². The molecule has 4 heterocycles. The van der Waals surface area contributed by atoms with Crippen molar-refractivity contribution in [1.82, 2.24) is 30.2 Å². The van der Waals surface area contributed by atoms with Gasteiger partial charge in [0.15, 0.2) is 11.4 Å². The topological polar surface area (TPSA) is 153 Å². The quantitative estimate of drug-likeness (QED) is 0.243. The number of para-hydroxylation sites is 4. The van der Waals surface area contributed by atoms with E-state index in [1.807, 2.05) is 13.8 Å². The Morgan fingerprint density at radius 1 is 0.661 bits per heavy atom. The number of alkyl halides is 6. The van der Waals surface area contributed by atoms with Crippen LogP contribution in [0.4, 0.5) is 37.7 Å². The lowest BCUT2D eigenvalue weighted by Crippen LogP contribution is -2.49. The Labute approximate surface area is 352 Å². The second-order valence-corrected chi connectivity index (χ2v) is 15.5. The van der Waals surface area contributed by atoms with Crippen LogP contribution in [0.25, 0.3) is 0 Å². The first-order valence-corrected chi connectivity index (χ1v) is 20.3. The molecular weight excluding hydrogens is 826 g/mol. The minimum Gasteiger partial charge on any atom is -0.489 e. The Morgan fingerprint density at radius 3 is 1.39 bits per heavy atom. The van der Waals surface area contributed by atoms with Crippen molar-refractivity contribution in [2.45, 2.75) is 89.9 Å². The van der Waals surface area contributed by atoms with E-state index in [2.05, 4.69) is 20.8 Å². The number of carbonyl (C=O) groups is 4. The highest BCUT2D eigenvalue weighted by atomic mass is 19.4. The fraction of sp³-hybridized carbons (Fsp3) is 0.476. The zero-order chi connectivity index (χ0) is 44.7. The van der Waals surface area contributed by atoms with Crippen LogP contribution in [0.15, 0.2) is 48.5 Å². The Hall–Kier alpha value is -6.08. The molecule has 62 heavy (non-hydrogen) atoms. The highest BCUT2D eigenvalue weighted by molar-refractivity contribution is 6.04. The van der Waals surface area contributed by atoms with E-state index in [0.29, 0.717) is 58.5 Å². The fourth-order valence-corrected chi connectivity index (χ4v) is 8.39. The summed E-state index contributed by atoms with van der Waals surface area (Å²) in [5.41, 5.74) is 2.97. The van der Waals surface area contributed by atoms with Gasteiger partial charge in [-0.25, -0.2) is 0 Å². The SMILES string of the molecule is CCn1nc(C(=O)N[C@H]2COc3ccccc3N(C)C2=O)c2c1CC[C@@H](C(F)(F)F)C2.CCn1nc(C(=O)N[C@H]2COc3ccccc3N(C)C2=O)c2c1CC[C@H](C(F)(F)F)C2. The summed E-state index contributed by atoms with van der Waals surface area (Å²) in [6.07, 6.45) is -8.89. The third-order valence-electron chi connectivity index (χ3n) is 11.8. The van der Waals surface area contributed by atoms with E-state index in [1.165, 1.54) is 9.80 Å². The molecule has 332 valence electrons. The highest BCUT2D eigenvalue weighted by Crippen LogP contribution is 2.40. The number of likely N-dealkylation sites (N-methyl/N-ethyl adjacent to an activating group) is 2. The molecule has 2 aliphatic carbocycles. The second kappa shape index (κ2) is 17.4. The van der Waals surface area contributed by atoms with Gasteiger partial charge in [-0.1, -0.05) is 24.3 Å². The molecule has 4 aromatic rings. The lowest BCUT2D eigenvalue weighted by Gasteiger charge is -2.25. The number of nitrogens with one attached hydrogen (secondary N) is 2. The predicted molar refractivity (Wildman–Crippen MR) is 212 cm³/mol. The van der Waals surface area contributed by atoms with Gasteiger partial charge in [0.2, 0.25) is 0 Å². The smallest absolute Gasteiger partial charge is 0.392 e. The maximum atomic E-state index is 13.3. The molecule has 2 aromatic carbocycles. The van der Waals surface area contributed by atoms with Gasteiger partial charge >= 0.3 is 12.4 Å². The number of fused-ring (bicyclic) bond motifs is 4. The Bertz CT molecular complexity index is 2200. The number of hydrogen-bond acceptors (Lipinski definition) is 8. The molecule has 0 unspecified atom stereocenters. The van der Waals surface area contributed by atoms with Gasteiger partial charge in [-0.15, -0.1) is 0 Å². The number of ether oxygens (including phenoxy) is 2. The van der Waals surface area contributed by atoms with Crippen molar-refractivity contribution >= 4 is 35.0 Å². The molecule has 4 aliphatic rings. The van der Waals surface area contributed by atoms with E-state index in [0.717, 1.165) is 0 Å². The van der Waals surface area contributed by atoms with E-state index < -0.39 is 48.1 Å². The van der Waals surface area contributed by atoms with Gasteiger partial charge in [0.25, 0.3) is 23.6 Å². The van der Waals surface area contributed by atoms with E-state index in [1.54, 1.807) is 72.0 Å². The van der Waals surface area contributed by atoms with Gasteiger partial charge in [-0.2, -0.15) is 36.5 Å². The van der Waals surface area contributed by atoms with Crippen molar-refractivity contribution in [3.05, 3.63) is 82.4 Å². The molecule has 0 spiro atoms. The summed E-state index contributed by atoms with van der Waals surface area (Å²) >= 11 is 0. The molecule has 8 rings (SSSR count). The summed E-state index contributed by atoms with van der Waals surface area (Å²) in [6.45, 7) is 4.34. The van der Waals surface area contributed by atoms with Crippen LogP contribution in [0.3, 0.4) is 0 Å². The van der Waals surface area contributed by atoms with Crippen molar-refractivity contribution in [2.24, 2.45) is 11.8 Å². The first-order chi connectivity index (χ1) is 29.4. The number of halogens is 6. The van der Waals surface area contributed by atoms with E-state index in [4.69, 9.17) is 9.47 Å². The number of anilines is 2. The third-order valence-corrected chi connectivity index (χ3v) is 11.8. The second-order valence-electron chi connectivity index (χ2n) is 15.5. The lowest BCUT2D eigenvalue weighted by atomic mass is 9.85. The summed E-state index contributed by atoms with van der Waals surface area (Å²) in [4.78, 5) is 54.5. The van der Waals surface area contributed by atoms with E-state index >= 15 is 0 Å². The molecule has 14 nitrogen and oxygen atoms in total. The first-order valence-electron chi connectivity index (χ1n) is 20.3. The van der Waals surface area contributed by atoms with Crippen molar-refractivity contribution in [2.75, 3.05) is 37.1 Å². The number of rotatable bonds is 6. The maximum absolute atomic E-state index is 13.3. The van der Waals surface area contributed by atoms with Crippen LogP contribution in [0.1, 0.15) is 70.2 Å². The van der Waals surface area contributed by atoms with Gasteiger partial charge in [0.1, 0.15) is 36.8 Å². The molecule has 0 radical (unpaired) electrons. The zero-order valence-electron chi connectivity index (χ0n) is 34.4. The van der Waals surface area contributed by atoms with Crippen molar-refractivity contribution < 1.29 is 55.0 Å². The standard InChI is InChI=1S/2C21H23F3N4O3/c2*1-3-28-15-9-8-12(21(22,23)24)10-13(15)18(26-28)19(29)25-14-11-31-17-7-5-4-6-16(17)27(2)20(14)30/h2*4-7,12,14H,3,8-11H2,1-2H3,(H,25,29)/t12-,14+;12-,14-/m10/s1. The summed E-state index contributed by atoms with van der Waals surface area (Å²) < 4.78 is 94.3. The van der Waals surface area contributed by atoms with Crippen LogP contribution < -0.4 is 29.9 Å². The summed E-state index contributed by atoms with van der Waals surface area (Å²) in [7, 11) is 3.16. The number of aryl methyl sites for hydroxylation is 2. The number of carbonyl (C=O) groups excluding carboxylic acids is 4. The van der Waals surface area contributed by atoms with E-state index in [9.17, 15) is 45.5 Å². The number of aromatic nitrogens is 4. The molecule has 20 heteroatoms. The molecule has 2 aromatic heterocycles. The number of hydrogen-bond donors (Lipinski definition) is 2. The van der Waals surface area contributed by atoms with Crippen LogP contribution in [0.5, 0.6) is 11.5 Å². The average molecular weight is 873 g/mol. The third kappa shape index (κ3) is 8.68. The average Bonchev–Trinajstić information content (AvgIpc) is 3.76. The molecule has 4 amide bonds. The lowest BCUT2D eigenvalue weighted by molar-refractivity contribution is -0.177. The maximum Gasteiger partial charge on any atom is 0.392 e. The molecule has 0 bridgehead atoms. The van der Waals surface area contributed by atoms with Crippen LogP contribution in [0, 0.1) is 11.8 Å². The van der Waals surface area contributed by atoms with Crippen LogP contribution >= 0.6 is 0 Å². The number of nitrogens with zero attached hydrogens (tertiary/aromatic N) is 6. The van der Waals surface area contributed by atoms with Crippen molar-refractivity contribution in [1.29, 1.82) is 0 Å². The van der Waals surface area contributed by atoms with E-state index in [-0.39, 0.29) is 74.9 Å². The molecule has 0 fully saturated rings. The monoisotopic (exact) mass is 872 g/mol. The summed E-state index contributed by atoms with van der Waals surface area (Å²) in [5.74, 6) is -4.11. The van der Waals surface area contributed by atoms with Crippen molar-refractivity contribution in [3.8, 4) is 11.5 Å². The molecule has 4 atom stereocenters. The number of benzene rings is 2. The van der Waals surface area contributed by atoms with Crippen LogP contribution in [-0.4, -0.2) is 94.9 Å². The minimum atomic E-state index is -4.33. The Balaban J connectivity index is 0.000000186. The predicted octanol–water partition coefficient (Wildman–Crippen LogP) is 5.45. The fourth-order valence-electron chi connectivity index (χ4n) is 8.39. The Kier molecular flexibility index (Phi) is 12.3. The highest BCUT2D eigenvalue weighted by Gasteiger charge is 2.45. The zero-order valence-corrected chi connectivity index (χ0v) is 34.4. The molecule has 2 aliphatic heterocycles. The molecular formula is C42H46F6N8O6. The van der Waals surface area contributed by atoms with Gasteiger partial charge in [-0.05, 0) is 76.6 Å². The molecule has 2 N–H and O–H groups in total. The molecule has 0 saturated heterocycles. The minimum absolute atomic E-state index is 0.0265. The first kappa shape index (κ1) is 44.0. The van der Waals surface area contributed by atoms with Crippen LogP contribution in [-0.2, 0) is 48.4 Å². The summed E-state index contributed by atoms with van der Waals surface area (Å²) in [6, 6.07) is 12.0. The van der Waals surface area contributed by atoms with Crippen LogP contribution in [0.2, 0.25) is 0 Å². The van der Waals surface area contributed by atoms with Gasteiger partial charge in [-0.3, -0.25) is 28.5 Å². The summed E-state index contributed by atoms with van der Waals surface area (Å²) in [5, 5.41) is 13.8. The van der Waals surface area contributed by atoms with Crippen molar-refractivity contribution in [3.63, 3.8) is 0 Å². The van der Waals surface area contributed by atoms with Gasteiger partial charge < -0.3 is 29.9 Å². The largest absolute Gasteiger partial charge is 0.489 e. The Morgan fingerprint density at radius 2 is 1.03 bits per heavy atom. The normalized spacial score (nSPS) is 21.1. The molecule has 0 saturated carbocycles. The number of amides is 4.